The zero-order valence-electron chi connectivity index (χ0n) is 15.6. The summed E-state index contributed by atoms with van der Waals surface area (Å²) in [5.41, 5.74) is 1.05. The number of nitrogens with zero attached hydrogens (tertiary/aromatic N) is 2. The second-order valence-corrected chi connectivity index (χ2v) is 7.54. The summed E-state index contributed by atoms with van der Waals surface area (Å²) in [6.45, 7) is 4.15. The van der Waals surface area contributed by atoms with Crippen LogP contribution < -0.4 is 10.6 Å². The molecule has 0 bridgehead atoms. The van der Waals surface area contributed by atoms with Crippen LogP contribution in [0.15, 0.2) is 24.5 Å². The average Bonchev–Trinajstić information content (AvgIpc) is 2.69. The number of piperazine rings is 1. The van der Waals surface area contributed by atoms with Crippen molar-refractivity contribution in [3.63, 3.8) is 0 Å². The van der Waals surface area contributed by atoms with E-state index in [1.807, 2.05) is 30.2 Å². The van der Waals surface area contributed by atoms with Gasteiger partial charge in [0, 0.05) is 50.4 Å². The van der Waals surface area contributed by atoms with Crippen molar-refractivity contribution >= 4 is 11.8 Å². The van der Waals surface area contributed by atoms with Crippen molar-refractivity contribution in [2.45, 2.75) is 57.5 Å². The van der Waals surface area contributed by atoms with Gasteiger partial charge in [-0.1, -0.05) is 25.3 Å². The number of hydrogen-bond acceptors (Lipinski definition) is 4. The van der Waals surface area contributed by atoms with E-state index < -0.39 is 0 Å². The lowest BCUT2D eigenvalue weighted by molar-refractivity contribution is -0.135. The fourth-order valence-corrected chi connectivity index (χ4v) is 4.03. The van der Waals surface area contributed by atoms with Crippen molar-refractivity contribution in [1.29, 1.82) is 0 Å². The van der Waals surface area contributed by atoms with Crippen molar-refractivity contribution < 1.29 is 9.59 Å². The molecule has 1 aliphatic heterocycles. The fraction of sp³-hybridized carbons (Fsp3) is 0.650. The summed E-state index contributed by atoms with van der Waals surface area (Å²) in [6.07, 6.45) is 9.38. The van der Waals surface area contributed by atoms with E-state index in [1.54, 1.807) is 6.20 Å². The number of hydrogen-bond donors (Lipinski definition) is 2. The van der Waals surface area contributed by atoms with Gasteiger partial charge in [-0.15, -0.1) is 0 Å². The normalized spacial score (nSPS) is 22.7. The molecule has 2 unspecified atom stereocenters. The Kier molecular flexibility index (Phi) is 6.61. The van der Waals surface area contributed by atoms with Gasteiger partial charge < -0.3 is 15.5 Å². The van der Waals surface area contributed by atoms with E-state index in [9.17, 15) is 9.59 Å². The van der Waals surface area contributed by atoms with Crippen molar-refractivity contribution in [1.82, 2.24) is 20.5 Å². The molecule has 0 radical (unpaired) electrons. The van der Waals surface area contributed by atoms with Gasteiger partial charge in [-0.25, -0.2) is 0 Å². The largest absolute Gasteiger partial charge is 0.353 e. The summed E-state index contributed by atoms with van der Waals surface area (Å²) in [5.74, 6) is 0.342. The van der Waals surface area contributed by atoms with Crippen LogP contribution in [0.25, 0.3) is 0 Å². The van der Waals surface area contributed by atoms with E-state index in [1.165, 1.54) is 6.42 Å². The third-order valence-corrected chi connectivity index (χ3v) is 5.48. The fourth-order valence-electron chi connectivity index (χ4n) is 4.03. The van der Waals surface area contributed by atoms with Crippen LogP contribution in [0.3, 0.4) is 0 Å². The first-order chi connectivity index (χ1) is 12.6. The number of amides is 2. The topological polar surface area (TPSA) is 74.3 Å². The molecule has 2 fully saturated rings. The molecule has 2 heterocycles. The van der Waals surface area contributed by atoms with Crippen LogP contribution in [0, 0.1) is 5.92 Å². The lowest BCUT2D eigenvalue weighted by Gasteiger charge is -2.37. The number of carbonyl (C=O) groups excluding carboxylic acids is 2. The molecule has 2 N–H and O–H groups in total. The molecular formula is C20H30N4O2. The van der Waals surface area contributed by atoms with Gasteiger partial charge in [-0.05, 0) is 31.4 Å². The molecule has 1 aromatic rings. The predicted octanol–water partition coefficient (Wildman–Crippen LogP) is 2.03. The van der Waals surface area contributed by atoms with Crippen molar-refractivity contribution in [2.75, 3.05) is 19.6 Å². The Hall–Kier alpha value is -1.95. The molecule has 1 aliphatic carbocycles. The molecule has 2 amide bonds. The van der Waals surface area contributed by atoms with Crippen molar-refractivity contribution in [3.05, 3.63) is 30.1 Å². The number of aromatic nitrogens is 1. The van der Waals surface area contributed by atoms with E-state index in [4.69, 9.17) is 0 Å². The van der Waals surface area contributed by atoms with Crippen LogP contribution in [0.1, 0.15) is 57.1 Å². The van der Waals surface area contributed by atoms with Crippen molar-refractivity contribution in [3.8, 4) is 0 Å². The minimum atomic E-state index is -0.138. The zero-order chi connectivity index (χ0) is 18.4. The molecule has 3 rings (SSSR count). The van der Waals surface area contributed by atoms with Crippen LogP contribution in [0.5, 0.6) is 0 Å². The van der Waals surface area contributed by atoms with Crippen LogP contribution >= 0.6 is 0 Å². The van der Waals surface area contributed by atoms with Gasteiger partial charge in [-0.3, -0.25) is 14.6 Å². The van der Waals surface area contributed by atoms with E-state index >= 15 is 0 Å². The lowest BCUT2D eigenvalue weighted by Crippen LogP contribution is -2.50. The molecule has 6 heteroatoms. The summed E-state index contributed by atoms with van der Waals surface area (Å²) < 4.78 is 0. The number of pyridine rings is 1. The van der Waals surface area contributed by atoms with Gasteiger partial charge >= 0.3 is 0 Å². The Bertz CT molecular complexity index is 601. The SMILES string of the molecule is CC(CC(=O)N1CCNCC1c1cccnc1)NC(=O)C1CCCCC1. The molecule has 142 valence electrons. The summed E-state index contributed by atoms with van der Waals surface area (Å²) >= 11 is 0. The third-order valence-electron chi connectivity index (χ3n) is 5.48. The monoisotopic (exact) mass is 358 g/mol. The Balaban J connectivity index is 1.56. The highest BCUT2D eigenvalue weighted by atomic mass is 16.2. The minimum absolute atomic E-state index is 0.00574. The lowest BCUT2D eigenvalue weighted by atomic mass is 9.88. The Morgan fingerprint density at radius 1 is 1.35 bits per heavy atom. The van der Waals surface area contributed by atoms with Gasteiger partial charge in [0.2, 0.25) is 11.8 Å². The smallest absolute Gasteiger partial charge is 0.225 e. The van der Waals surface area contributed by atoms with Gasteiger partial charge in [0.05, 0.1) is 6.04 Å². The molecular weight excluding hydrogens is 328 g/mol. The second kappa shape index (κ2) is 9.12. The maximum absolute atomic E-state index is 12.9. The summed E-state index contributed by atoms with van der Waals surface area (Å²) in [4.78, 5) is 31.4. The zero-order valence-corrected chi connectivity index (χ0v) is 15.6. The average molecular weight is 358 g/mol. The summed E-state index contributed by atoms with van der Waals surface area (Å²) in [7, 11) is 0. The maximum Gasteiger partial charge on any atom is 0.225 e. The molecule has 0 spiro atoms. The van der Waals surface area contributed by atoms with Gasteiger partial charge in [-0.2, -0.15) is 0 Å². The van der Waals surface area contributed by atoms with Gasteiger partial charge in [0.15, 0.2) is 0 Å². The van der Waals surface area contributed by atoms with Crippen LogP contribution in [0.4, 0.5) is 0 Å². The van der Waals surface area contributed by atoms with E-state index in [0.29, 0.717) is 13.0 Å². The highest BCUT2D eigenvalue weighted by molar-refractivity contribution is 5.81. The second-order valence-electron chi connectivity index (χ2n) is 7.54. The molecule has 26 heavy (non-hydrogen) atoms. The molecule has 1 saturated carbocycles. The Morgan fingerprint density at radius 3 is 2.88 bits per heavy atom. The number of nitrogens with one attached hydrogen (secondary N) is 2. The Labute approximate surface area is 155 Å². The summed E-state index contributed by atoms with van der Waals surface area (Å²) in [5, 5.41) is 6.42. The van der Waals surface area contributed by atoms with Crippen LogP contribution in [-0.4, -0.2) is 47.4 Å². The highest BCUT2D eigenvalue weighted by Crippen LogP contribution is 2.25. The minimum Gasteiger partial charge on any atom is -0.353 e. The van der Waals surface area contributed by atoms with E-state index in [2.05, 4.69) is 15.6 Å². The maximum atomic E-state index is 12.9. The quantitative estimate of drug-likeness (QED) is 0.845. The number of rotatable bonds is 5. The first-order valence-corrected chi connectivity index (χ1v) is 9.85. The molecule has 0 aromatic carbocycles. The van der Waals surface area contributed by atoms with Gasteiger partial charge in [0.25, 0.3) is 0 Å². The standard InChI is InChI=1S/C20H30N4O2/c1-15(23-20(26)16-6-3-2-4-7-16)12-19(25)24-11-10-22-14-18(24)17-8-5-9-21-13-17/h5,8-9,13,15-16,18,22H,2-4,6-7,10-12,14H2,1H3,(H,23,26). The first-order valence-electron chi connectivity index (χ1n) is 9.85. The molecule has 2 atom stereocenters. The molecule has 6 nitrogen and oxygen atoms in total. The first kappa shape index (κ1) is 18.8. The van der Waals surface area contributed by atoms with Gasteiger partial charge in [0.1, 0.15) is 0 Å². The molecule has 2 aliphatic rings. The molecule has 1 saturated heterocycles. The number of carbonyl (C=O) groups is 2. The Morgan fingerprint density at radius 2 is 2.15 bits per heavy atom. The van der Waals surface area contributed by atoms with E-state index in [-0.39, 0.29) is 29.8 Å². The van der Waals surface area contributed by atoms with Crippen LogP contribution in [0.2, 0.25) is 0 Å². The summed E-state index contributed by atoms with van der Waals surface area (Å²) in [6, 6.07) is 3.78. The van der Waals surface area contributed by atoms with Crippen LogP contribution in [-0.2, 0) is 9.59 Å². The highest BCUT2D eigenvalue weighted by Gasteiger charge is 2.29. The third kappa shape index (κ3) is 4.81. The van der Waals surface area contributed by atoms with Crippen molar-refractivity contribution in [2.24, 2.45) is 5.92 Å². The molecule has 1 aromatic heterocycles. The van der Waals surface area contributed by atoms with E-state index in [0.717, 1.165) is 44.3 Å². The predicted molar refractivity (Wildman–Crippen MR) is 100 cm³/mol.